The van der Waals surface area contributed by atoms with E-state index in [0.717, 1.165) is 4.57 Å². The molecule has 0 bridgehead atoms. The normalized spacial score (nSPS) is 11.0. The molecule has 0 radical (unpaired) electrons. The van der Waals surface area contributed by atoms with Gasteiger partial charge in [0.2, 0.25) is 5.95 Å². The molecule has 0 spiro atoms. The Balaban J connectivity index is 2.78. The quantitative estimate of drug-likeness (QED) is 0.764. The number of carboxylic acids is 1. The fourth-order valence-corrected chi connectivity index (χ4v) is 2.24. The van der Waals surface area contributed by atoms with Crippen molar-refractivity contribution in [1.29, 1.82) is 0 Å². The Bertz CT molecular complexity index is 814. The second kappa shape index (κ2) is 5.43. The molecule has 9 heteroatoms. The number of anilines is 1. The molecule has 0 fully saturated rings. The number of hydrogen-bond donors (Lipinski definition) is 2. The highest BCUT2D eigenvalue weighted by molar-refractivity contribution is 5.76. The van der Waals surface area contributed by atoms with Crippen LogP contribution in [0, 0.1) is 0 Å². The fourth-order valence-electron chi connectivity index (χ4n) is 2.24. The number of aromatic nitrogens is 4. The molecule has 0 aliphatic heterocycles. The van der Waals surface area contributed by atoms with E-state index in [1.807, 2.05) is 0 Å². The Morgan fingerprint density at radius 2 is 1.86 bits per heavy atom. The second-order valence-corrected chi connectivity index (χ2v) is 4.49. The van der Waals surface area contributed by atoms with Crippen LogP contribution in [-0.4, -0.2) is 36.3 Å². The average Bonchev–Trinajstić information content (AvgIpc) is 2.75. The highest BCUT2D eigenvalue weighted by atomic mass is 16.4. The topological polar surface area (TPSA) is 111 Å². The lowest BCUT2D eigenvalue weighted by Gasteiger charge is -2.08. The van der Waals surface area contributed by atoms with E-state index in [1.165, 1.54) is 9.13 Å². The van der Waals surface area contributed by atoms with Crippen molar-refractivity contribution in [1.82, 2.24) is 18.7 Å². The first-order valence-electron chi connectivity index (χ1n) is 6.58. The first-order valence-corrected chi connectivity index (χ1v) is 6.58. The van der Waals surface area contributed by atoms with Crippen molar-refractivity contribution in [3.63, 3.8) is 0 Å². The highest BCUT2D eigenvalue weighted by Crippen LogP contribution is 2.13. The maximum Gasteiger partial charge on any atom is 0.332 e. The highest BCUT2D eigenvalue weighted by Gasteiger charge is 2.18. The van der Waals surface area contributed by atoms with Crippen molar-refractivity contribution in [2.24, 2.45) is 7.05 Å². The average molecular weight is 295 g/mol. The predicted molar refractivity (Wildman–Crippen MR) is 76.7 cm³/mol. The van der Waals surface area contributed by atoms with E-state index in [1.54, 1.807) is 20.9 Å². The Kier molecular flexibility index (Phi) is 3.83. The summed E-state index contributed by atoms with van der Waals surface area (Å²) in [4.78, 5) is 39.4. The van der Waals surface area contributed by atoms with E-state index < -0.39 is 17.2 Å². The molecule has 0 atom stereocenters. The van der Waals surface area contributed by atoms with Crippen LogP contribution in [0.1, 0.15) is 13.8 Å². The molecule has 0 unspecified atom stereocenters. The summed E-state index contributed by atoms with van der Waals surface area (Å²) < 4.78 is 4.00. The number of hydrogen-bond acceptors (Lipinski definition) is 5. The summed E-state index contributed by atoms with van der Waals surface area (Å²) in [7, 11) is 1.60. The molecule has 2 aromatic rings. The maximum atomic E-state index is 12.4. The van der Waals surface area contributed by atoms with Crippen LogP contribution in [0.5, 0.6) is 0 Å². The molecule has 9 nitrogen and oxygen atoms in total. The molecule has 0 saturated carbocycles. The zero-order valence-corrected chi connectivity index (χ0v) is 12.1. The van der Waals surface area contributed by atoms with Gasteiger partial charge in [0.1, 0.15) is 6.54 Å². The zero-order valence-electron chi connectivity index (χ0n) is 12.1. The monoisotopic (exact) mass is 295 g/mol. The number of aliphatic carboxylic acids is 1. The number of carbonyl (C=O) groups is 1. The third kappa shape index (κ3) is 2.30. The summed E-state index contributed by atoms with van der Waals surface area (Å²) in [5.41, 5.74) is -0.320. The summed E-state index contributed by atoms with van der Waals surface area (Å²) in [6.07, 6.45) is 0. The molecule has 2 aromatic heterocycles. The Hall–Kier alpha value is -2.58. The fraction of sp³-hybridized carbons (Fsp3) is 0.500. The van der Waals surface area contributed by atoms with Crippen LogP contribution in [0.3, 0.4) is 0 Å². The minimum absolute atomic E-state index is 0.236. The van der Waals surface area contributed by atoms with Crippen LogP contribution in [0.2, 0.25) is 0 Å². The molecule has 0 saturated heterocycles. The van der Waals surface area contributed by atoms with Gasteiger partial charge in [0.05, 0.1) is 0 Å². The van der Waals surface area contributed by atoms with Gasteiger partial charge >= 0.3 is 11.7 Å². The van der Waals surface area contributed by atoms with Crippen LogP contribution in [-0.2, 0) is 24.9 Å². The number of rotatable bonds is 5. The molecule has 0 amide bonds. The minimum atomic E-state index is -1.04. The number of fused-ring (bicyclic) bond motifs is 1. The molecule has 0 aliphatic rings. The smallest absolute Gasteiger partial charge is 0.332 e. The predicted octanol–water partition coefficient (Wildman–Crippen LogP) is -0.567. The van der Waals surface area contributed by atoms with Gasteiger partial charge < -0.3 is 15.0 Å². The molecule has 2 heterocycles. The van der Waals surface area contributed by atoms with Gasteiger partial charge in [0, 0.05) is 20.1 Å². The van der Waals surface area contributed by atoms with Crippen molar-refractivity contribution in [2.75, 3.05) is 11.9 Å². The van der Waals surface area contributed by atoms with Crippen LogP contribution in [0.25, 0.3) is 11.2 Å². The van der Waals surface area contributed by atoms with Gasteiger partial charge in [-0.3, -0.25) is 18.7 Å². The van der Waals surface area contributed by atoms with Crippen LogP contribution in [0.4, 0.5) is 5.95 Å². The maximum absolute atomic E-state index is 12.4. The van der Waals surface area contributed by atoms with E-state index in [-0.39, 0.29) is 30.2 Å². The molecular weight excluding hydrogens is 278 g/mol. The zero-order chi connectivity index (χ0) is 15.7. The van der Waals surface area contributed by atoms with Crippen LogP contribution >= 0.6 is 0 Å². The van der Waals surface area contributed by atoms with Gasteiger partial charge in [-0.1, -0.05) is 0 Å². The standard InChI is InChI=1S/C12H17N5O4/c1-4-16-9-8(10(20)17(5-2)12(16)21)15(3)11(14-9)13-6-7(18)19/h4-6H2,1-3H3,(H,13,14)(H,18,19). The number of carboxylic acid groups (broad SMARTS) is 1. The van der Waals surface area contributed by atoms with E-state index >= 15 is 0 Å². The largest absolute Gasteiger partial charge is 0.480 e. The van der Waals surface area contributed by atoms with Gasteiger partial charge in [-0.05, 0) is 13.8 Å². The summed E-state index contributed by atoms with van der Waals surface area (Å²) in [5.74, 6) is -0.805. The molecule has 0 aromatic carbocycles. The van der Waals surface area contributed by atoms with E-state index in [4.69, 9.17) is 5.11 Å². The summed E-state index contributed by atoms with van der Waals surface area (Å²) in [6, 6.07) is 0. The van der Waals surface area contributed by atoms with Crippen molar-refractivity contribution >= 4 is 23.1 Å². The molecule has 0 aliphatic carbocycles. The van der Waals surface area contributed by atoms with Gasteiger partial charge in [-0.15, -0.1) is 0 Å². The Morgan fingerprint density at radius 1 is 1.24 bits per heavy atom. The lowest BCUT2D eigenvalue weighted by atomic mass is 10.4. The number of nitrogens with zero attached hydrogens (tertiary/aromatic N) is 4. The van der Waals surface area contributed by atoms with Gasteiger partial charge in [-0.2, -0.15) is 4.98 Å². The molecule has 2 N–H and O–H groups in total. The lowest BCUT2D eigenvalue weighted by Crippen LogP contribution is -2.39. The molecule has 2 rings (SSSR count). The Labute approximate surface area is 119 Å². The van der Waals surface area contributed by atoms with Crippen molar-refractivity contribution in [3.05, 3.63) is 20.8 Å². The van der Waals surface area contributed by atoms with Crippen LogP contribution in [0.15, 0.2) is 9.59 Å². The third-order valence-electron chi connectivity index (χ3n) is 3.27. The molecular formula is C12H17N5O4. The summed E-state index contributed by atoms with van der Waals surface area (Å²) >= 11 is 0. The summed E-state index contributed by atoms with van der Waals surface area (Å²) in [5, 5.41) is 11.3. The summed E-state index contributed by atoms with van der Waals surface area (Å²) in [6.45, 7) is 3.80. The van der Waals surface area contributed by atoms with E-state index in [9.17, 15) is 14.4 Å². The van der Waals surface area contributed by atoms with Gasteiger partial charge in [0.15, 0.2) is 11.2 Å². The molecule has 114 valence electrons. The van der Waals surface area contributed by atoms with E-state index in [2.05, 4.69) is 10.3 Å². The number of nitrogens with one attached hydrogen (secondary N) is 1. The van der Waals surface area contributed by atoms with E-state index in [0.29, 0.717) is 6.54 Å². The number of aryl methyl sites for hydroxylation is 2. The number of imidazole rings is 1. The first kappa shape index (κ1) is 14.8. The third-order valence-corrected chi connectivity index (χ3v) is 3.27. The molecule has 21 heavy (non-hydrogen) atoms. The van der Waals surface area contributed by atoms with Crippen molar-refractivity contribution < 1.29 is 9.90 Å². The van der Waals surface area contributed by atoms with Crippen molar-refractivity contribution in [2.45, 2.75) is 26.9 Å². The minimum Gasteiger partial charge on any atom is -0.480 e. The second-order valence-electron chi connectivity index (χ2n) is 4.49. The SMILES string of the molecule is CCn1c(=O)c2c(nc(NCC(=O)O)n2C)n(CC)c1=O. The van der Waals surface area contributed by atoms with Crippen LogP contribution < -0.4 is 16.6 Å². The first-order chi connectivity index (χ1) is 9.92. The van der Waals surface area contributed by atoms with Gasteiger partial charge in [0.25, 0.3) is 5.56 Å². The van der Waals surface area contributed by atoms with Gasteiger partial charge in [-0.25, -0.2) is 4.79 Å². The Morgan fingerprint density at radius 3 is 2.38 bits per heavy atom. The lowest BCUT2D eigenvalue weighted by molar-refractivity contribution is -0.134. The van der Waals surface area contributed by atoms with Crippen molar-refractivity contribution in [3.8, 4) is 0 Å².